The number of methoxy groups -OCH3 is 1. The van der Waals surface area contributed by atoms with Crippen molar-refractivity contribution in [1.82, 2.24) is 0 Å². The maximum absolute atomic E-state index is 9.50. The highest BCUT2D eigenvalue weighted by Gasteiger charge is 2.42. The number of aliphatic hydroxyl groups excluding tert-OH is 2. The van der Waals surface area contributed by atoms with E-state index >= 15 is 0 Å². The lowest BCUT2D eigenvalue weighted by atomic mass is 10.0. The molecule has 0 spiro atoms. The fourth-order valence-corrected chi connectivity index (χ4v) is 1.47. The van der Waals surface area contributed by atoms with Crippen molar-refractivity contribution in [3.8, 4) is 0 Å². The molecular weight excluding hydrogens is 174 g/mol. The smallest absolute Gasteiger partial charge is 0.186 e. The molecule has 0 radical (unpaired) electrons. The molecule has 0 aromatic carbocycles. The normalized spacial score (nSPS) is 42.2. The van der Waals surface area contributed by atoms with Gasteiger partial charge >= 0.3 is 0 Å². The van der Waals surface area contributed by atoms with Gasteiger partial charge < -0.3 is 25.4 Å². The van der Waals surface area contributed by atoms with E-state index in [-0.39, 0.29) is 6.04 Å². The maximum Gasteiger partial charge on any atom is 0.186 e. The van der Waals surface area contributed by atoms with E-state index in [1.54, 1.807) is 0 Å². The van der Waals surface area contributed by atoms with Gasteiger partial charge in [0.05, 0.1) is 6.10 Å². The van der Waals surface area contributed by atoms with Crippen LogP contribution in [0.15, 0.2) is 0 Å². The van der Waals surface area contributed by atoms with Gasteiger partial charge in [0.1, 0.15) is 12.2 Å². The minimum Gasteiger partial charge on any atom is -0.387 e. The number of aliphatic hydroxyl groups is 2. The Labute approximate surface area is 77.4 Å². The third-order valence-corrected chi connectivity index (χ3v) is 2.15. The number of ether oxygens (including phenoxy) is 2. The lowest BCUT2D eigenvalue weighted by molar-refractivity contribution is -0.149. The molecule has 0 aromatic heterocycles. The van der Waals surface area contributed by atoms with Gasteiger partial charge in [0.25, 0.3) is 0 Å². The highest BCUT2D eigenvalue weighted by molar-refractivity contribution is 4.87. The fourth-order valence-electron chi connectivity index (χ4n) is 1.47. The zero-order valence-electron chi connectivity index (χ0n) is 7.88. The van der Waals surface area contributed by atoms with Crippen LogP contribution >= 0.6 is 0 Å². The quantitative estimate of drug-likeness (QED) is 0.522. The molecule has 4 N–H and O–H groups in total. The van der Waals surface area contributed by atoms with Crippen molar-refractivity contribution in [2.75, 3.05) is 7.11 Å². The first-order valence-electron chi connectivity index (χ1n) is 4.36. The second-order valence-electron chi connectivity index (χ2n) is 3.47. The van der Waals surface area contributed by atoms with Gasteiger partial charge in [-0.3, -0.25) is 0 Å². The molecule has 1 fully saturated rings. The van der Waals surface area contributed by atoms with Crippen LogP contribution in [0, 0.1) is 0 Å². The van der Waals surface area contributed by atoms with E-state index < -0.39 is 24.6 Å². The first-order chi connectivity index (χ1) is 6.06. The standard InChI is InChI=1S/C8H17NO4/c1-4(9)3-5-6(10)7(11)8(12-2)13-5/h4-8,10-11H,3,9H2,1-2H3/t4?,5?,6-,7-,8?/m1/s1. The fraction of sp³-hybridized carbons (Fsp3) is 1.00. The summed E-state index contributed by atoms with van der Waals surface area (Å²) >= 11 is 0. The average Bonchev–Trinajstić information content (AvgIpc) is 2.32. The van der Waals surface area contributed by atoms with Gasteiger partial charge in [-0.05, 0) is 13.3 Å². The molecule has 13 heavy (non-hydrogen) atoms. The van der Waals surface area contributed by atoms with Crippen molar-refractivity contribution in [1.29, 1.82) is 0 Å². The Hall–Kier alpha value is -0.200. The summed E-state index contributed by atoms with van der Waals surface area (Å²) in [5, 5.41) is 18.9. The second kappa shape index (κ2) is 4.34. The summed E-state index contributed by atoms with van der Waals surface area (Å²) in [6.07, 6.45) is -2.54. The maximum atomic E-state index is 9.50. The van der Waals surface area contributed by atoms with Gasteiger partial charge in [-0.1, -0.05) is 0 Å². The molecule has 1 rings (SSSR count). The number of rotatable bonds is 3. The molecule has 0 amide bonds. The van der Waals surface area contributed by atoms with E-state index in [1.165, 1.54) is 7.11 Å². The molecule has 1 aliphatic heterocycles. The number of hydrogen-bond donors (Lipinski definition) is 3. The Morgan fingerprint density at radius 2 is 2.08 bits per heavy atom. The largest absolute Gasteiger partial charge is 0.387 e. The summed E-state index contributed by atoms with van der Waals surface area (Å²) in [6.45, 7) is 1.82. The molecule has 5 heteroatoms. The van der Waals surface area contributed by atoms with Crippen molar-refractivity contribution in [2.45, 2.75) is 44.0 Å². The number of nitrogens with two attached hydrogens (primary N) is 1. The molecular formula is C8H17NO4. The predicted molar refractivity (Wildman–Crippen MR) is 46.0 cm³/mol. The van der Waals surface area contributed by atoms with E-state index in [9.17, 15) is 10.2 Å². The predicted octanol–water partition coefficient (Wildman–Crippen LogP) is -1.18. The van der Waals surface area contributed by atoms with E-state index in [0.717, 1.165) is 0 Å². The summed E-state index contributed by atoms with van der Waals surface area (Å²) < 4.78 is 10.1. The minimum atomic E-state index is -0.978. The lowest BCUT2D eigenvalue weighted by Gasteiger charge is -2.15. The topological polar surface area (TPSA) is 84.9 Å². The van der Waals surface area contributed by atoms with Crippen molar-refractivity contribution < 1.29 is 19.7 Å². The lowest BCUT2D eigenvalue weighted by Crippen LogP contribution is -2.35. The zero-order chi connectivity index (χ0) is 10.0. The molecule has 1 heterocycles. The van der Waals surface area contributed by atoms with E-state index in [2.05, 4.69) is 0 Å². The van der Waals surface area contributed by atoms with Crippen LogP contribution in [0.4, 0.5) is 0 Å². The van der Waals surface area contributed by atoms with Crippen LogP contribution in [0.3, 0.4) is 0 Å². The van der Waals surface area contributed by atoms with E-state index in [0.29, 0.717) is 6.42 Å². The first kappa shape index (κ1) is 10.9. The Bertz CT molecular complexity index is 164. The molecule has 1 saturated heterocycles. The van der Waals surface area contributed by atoms with Crippen LogP contribution < -0.4 is 5.73 Å². The summed E-state index contributed by atoms with van der Waals surface area (Å²) in [7, 11) is 1.43. The van der Waals surface area contributed by atoms with Gasteiger partial charge in [0.2, 0.25) is 0 Å². The van der Waals surface area contributed by atoms with Gasteiger partial charge in [0.15, 0.2) is 6.29 Å². The van der Waals surface area contributed by atoms with Crippen LogP contribution in [0.2, 0.25) is 0 Å². The van der Waals surface area contributed by atoms with E-state index in [4.69, 9.17) is 15.2 Å². The van der Waals surface area contributed by atoms with Crippen molar-refractivity contribution in [2.24, 2.45) is 5.73 Å². The molecule has 0 aromatic rings. The summed E-state index contributed by atoms with van der Waals surface area (Å²) in [4.78, 5) is 0. The van der Waals surface area contributed by atoms with Gasteiger partial charge in [-0.2, -0.15) is 0 Å². The molecule has 0 saturated carbocycles. The Kier molecular flexibility index (Phi) is 3.63. The van der Waals surface area contributed by atoms with Crippen molar-refractivity contribution in [3.05, 3.63) is 0 Å². The van der Waals surface area contributed by atoms with Crippen LogP contribution in [0.5, 0.6) is 0 Å². The molecule has 0 bridgehead atoms. The molecule has 3 unspecified atom stereocenters. The average molecular weight is 191 g/mol. The first-order valence-corrected chi connectivity index (χ1v) is 4.36. The summed E-state index contributed by atoms with van der Waals surface area (Å²) in [6, 6.07) is -0.0672. The Morgan fingerprint density at radius 1 is 1.46 bits per heavy atom. The minimum absolute atomic E-state index is 0.0672. The molecule has 5 nitrogen and oxygen atoms in total. The Morgan fingerprint density at radius 3 is 2.46 bits per heavy atom. The monoisotopic (exact) mass is 191 g/mol. The van der Waals surface area contributed by atoms with Crippen LogP contribution in [0.25, 0.3) is 0 Å². The second-order valence-corrected chi connectivity index (χ2v) is 3.47. The molecule has 0 aliphatic carbocycles. The molecule has 5 atom stereocenters. The summed E-state index contributed by atoms with van der Waals surface area (Å²) in [5.41, 5.74) is 5.55. The zero-order valence-corrected chi connectivity index (χ0v) is 7.88. The Balaban J connectivity index is 2.50. The highest BCUT2D eigenvalue weighted by atomic mass is 16.7. The van der Waals surface area contributed by atoms with Gasteiger partial charge in [-0.15, -0.1) is 0 Å². The third-order valence-electron chi connectivity index (χ3n) is 2.15. The van der Waals surface area contributed by atoms with Crippen LogP contribution in [-0.4, -0.2) is 48.0 Å². The van der Waals surface area contributed by atoms with Crippen LogP contribution in [-0.2, 0) is 9.47 Å². The molecule has 1 aliphatic rings. The van der Waals surface area contributed by atoms with Gasteiger partial charge in [0, 0.05) is 13.2 Å². The summed E-state index contributed by atoms with van der Waals surface area (Å²) in [5.74, 6) is 0. The van der Waals surface area contributed by atoms with Crippen LogP contribution in [0.1, 0.15) is 13.3 Å². The molecule has 78 valence electrons. The van der Waals surface area contributed by atoms with Crippen molar-refractivity contribution >= 4 is 0 Å². The van der Waals surface area contributed by atoms with Gasteiger partial charge in [-0.25, -0.2) is 0 Å². The SMILES string of the molecule is COC1OC(CC(C)N)[C@@H](O)[C@H]1O. The number of hydrogen-bond acceptors (Lipinski definition) is 5. The van der Waals surface area contributed by atoms with E-state index in [1.807, 2.05) is 6.92 Å². The van der Waals surface area contributed by atoms with Crippen molar-refractivity contribution in [3.63, 3.8) is 0 Å². The third kappa shape index (κ3) is 2.38. The highest BCUT2D eigenvalue weighted by Crippen LogP contribution is 2.24.